The number of carboxylic acids is 1. The highest BCUT2D eigenvalue weighted by Crippen LogP contribution is 2.33. The van der Waals surface area contributed by atoms with E-state index in [4.69, 9.17) is 14.0 Å². The molecule has 162 valence electrons. The van der Waals surface area contributed by atoms with Crippen molar-refractivity contribution >= 4 is 43.1 Å². The second-order valence-corrected chi connectivity index (χ2v) is 8.23. The van der Waals surface area contributed by atoms with Crippen molar-refractivity contribution in [3.8, 4) is 11.5 Å². The van der Waals surface area contributed by atoms with Gasteiger partial charge in [0.15, 0.2) is 23.4 Å². The molecule has 0 bridgehead atoms. The number of nitrogens with zero attached hydrogens (tertiary/aromatic N) is 1. The van der Waals surface area contributed by atoms with Crippen LogP contribution >= 0.6 is 0 Å². The molecule has 0 saturated heterocycles. The van der Waals surface area contributed by atoms with Gasteiger partial charge in [-0.3, -0.25) is 4.55 Å². The molecule has 0 radical (unpaired) electrons. The Bertz CT molecular complexity index is 1400. The zero-order valence-electron chi connectivity index (χ0n) is 17.2. The zero-order valence-corrected chi connectivity index (χ0v) is 18.0. The second kappa shape index (κ2) is 8.75. The number of hydrogen-bond donors (Lipinski definition) is 1. The molecule has 0 amide bonds. The van der Waals surface area contributed by atoms with Gasteiger partial charge in [0, 0.05) is 19.1 Å². The van der Waals surface area contributed by atoms with Gasteiger partial charge in [-0.15, -0.1) is 0 Å². The van der Waals surface area contributed by atoms with Crippen LogP contribution in [-0.2, 0) is 14.9 Å². The molecule has 0 spiro atoms. The highest BCUT2D eigenvalue weighted by atomic mass is 32.2. The van der Waals surface area contributed by atoms with Crippen LogP contribution in [0.3, 0.4) is 0 Å². The average molecular weight is 443 g/mol. The minimum atomic E-state index is -4.39. The fourth-order valence-electron chi connectivity index (χ4n) is 3.43. The van der Waals surface area contributed by atoms with Gasteiger partial charge in [-0.1, -0.05) is 18.2 Å². The SMILES string of the molecule is COc1cc2cc3c4ccccc4cc[n+]3c(C)c2cc1OC.O=C([O-])CS(=O)(=O)O. The van der Waals surface area contributed by atoms with Crippen LogP contribution < -0.4 is 19.0 Å². The minimum Gasteiger partial charge on any atom is -0.549 e. The lowest BCUT2D eigenvalue weighted by Crippen LogP contribution is -2.30. The van der Waals surface area contributed by atoms with Crippen LogP contribution in [0.5, 0.6) is 11.5 Å². The predicted molar refractivity (Wildman–Crippen MR) is 114 cm³/mol. The molecule has 1 N–H and O–H groups in total. The van der Waals surface area contributed by atoms with Crippen molar-refractivity contribution in [2.45, 2.75) is 6.92 Å². The lowest BCUT2D eigenvalue weighted by atomic mass is 10.0. The maximum Gasteiger partial charge on any atom is 0.270 e. The Morgan fingerprint density at radius 2 is 1.65 bits per heavy atom. The number of rotatable bonds is 4. The van der Waals surface area contributed by atoms with Gasteiger partial charge < -0.3 is 19.4 Å². The van der Waals surface area contributed by atoms with Crippen molar-refractivity contribution < 1.29 is 36.7 Å². The summed E-state index contributed by atoms with van der Waals surface area (Å²) in [7, 11) is -1.05. The number of pyridine rings is 2. The smallest absolute Gasteiger partial charge is 0.270 e. The fourth-order valence-corrected chi connectivity index (χ4v) is 3.73. The van der Waals surface area contributed by atoms with Crippen LogP contribution in [0, 0.1) is 6.92 Å². The Kier molecular flexibility index (Phi) is 6.28. The zero-order chi connectivity index (χ0) is 22.8. The van der Waals surface area contributed by atoms with Crippen LogP contribution in [0.2, 0.25) is 0 Å². The molecule has 0 aliphatic heterocycles. The molecule has 31 heavy (non-hydrogen) atoms. The number of hydrogen-bond acceptors (Lipinski definition) is 6. The number of benzene rings is 2. The summed E-state index contributed by atoms with van der Waals surface area (Å²) in [5.74, 6) is -1.65. The number of aromatic nitrogens is 1. The molecule has 2 aromatic carbocycles. The molecule has 0 saturated carbocycles. The van der Waals surface area contributed by atoms with Gasteiger partial charge in [0.1, 0.15) is 5.75 Å². The molecule has 2 heterocycles. The first kappa shape index (κ1) is 22.3. The number of methoxy groups -OCH3 is 2. The van der Waals surface area contributed by atoms with E-state index in [2.05, 4.69) is 53.9 Å². The first-order valence-corrected chi connectivity index (χ1v) is 10.8. The van der Waals surface area contributed by atoms with Gasteiger partial charge in [0.2, 0.25) is 5.52 Å². The van der Waals surface area contributed by atoms with E-state index in [1.807, 2.05) is 12.1 Å². The van der Waals surface area contributed by atoms with Gasteiger partial charge in [0.05, 0.1) is 31.0 Å². The summed E-state index contributed by atoms with van der Waals surface area (Å²) in [6.07, 6.45) is 2.13. The van der Waals surface area contributed by atoms with E-state index in [-0.39, 0.29) is 0 Å². The third-order valence-corrected chi connectivity index (χ3v) is 5.40. The number of aryl methyl sites for hydroxylation is 1. The number of fused-ring (bicyclic) bond motifs is 4. The standard InChI is InChI=1S/C20H18NO2.C2H4O5S/c1-13-17-12-20(23-3)19(22-2)11-15(17)10-18-16-7-5-4-6-14(16)8-9-21(13)18;3-2(4)1-8(5,6)7/h4-12H,1-3H3;1H2,(H,3,4)(H,5,6,7)/q+1;/p-1. The summed E-state index contributed by atoms with van der Waals surface area (Å²) < 4.78 is 40.0. The molecular formula is C22H21NO7S. The molecular weight excluding hydrogens is 422 g/mol. The van der Waals surface area contributed by atoms with Crippen molar-refractivity contribution in [1.82, 2.24) is 0 Å². The number of ether oxygens (including phenoxy) is 2. The molecule has 9 heteroatoms. The molecule has 8 nitrogen and oxygen atoms in total. The lowest BCUT2D eigenvalue weighted by Gasteiger charge is -2.10. The van der Waals surface area contributed by atoms with E-state index < -0.39 is 21.8 Å². The normalized spacial score (nSPS) is 11.2. The van der Waals surface area contributed by atoms with Gasteiger partial charge >= 0.3 is 0 Å². The number of carbonyl (C=O) groups is 1. The maximum atomic E-state index is 9.58. The lowest BCUT2D eigenvalue weighted by molar-refractivity contribution is -0.516. The summed E-state index contributed by atoms with van der Waals surface area (Å²) in [5, 5.41) is 14.2. The van der Waals surface area contributed by atoms with Crippen LogP contribution in [-0.4, -0.2) is 38.9 Å². The molecule has 0 fully saturated rings. The molecule has 0 aliphatic rings. The molecule has 4 aromatic rings. The summed E-state index contributed by atoms with van der Waals surface area (Å²) in [6, 6.07) is 16.9. The summed E-state index contributed by atoms with van der Waals surface area (Å²) in [6.45, 7) is 2.13. The van der Waals surface area contributed by atoms with Gasteiger partial charge in [0.25, 0.3) is 10.1 Å². The Hall–Kier alpha value is -3.43. The van der Waals surface area contributed by atoms with Crippen molar-refractivity contribution in [2.24, 2.45) is 0 Å². The minimum absolute atomic E-state index is 0.754. The van der Waals surface area contributed by atoms with Crippen LogP contribution in [0.1, 0.15) is 5.69 Å². The van der Waals surface area contributed by atoms with Crippen LogP contribution in [0.4, 0.5) is 0 Å². The fraction of sp³-hybridized carbons (Fsp3) is 0.182. The Morgan fingerprint density at radius 3 is 2.23 bits per heavy atom. The van der Waals surface area contributed by atoms with E-state index in [1.54, 1.807) is 14.2 Å². The molecule has 2 aromatic heterocycles. The average Bonchev–Trinajstić information content (AvgIpc) is 2.71. The largest absolute Gasteiger partial charge is 0.549 e. The Morgan fingerprint density at radius 1 is 1.00 bits per heavy atom. The van der Waals surface area contributed by atoms with Gasteiger partial charge in [-0.25, -0.2) is 0 Å². The summed E-state index contributed by atoms with van der Waals surface area (Å²) >= 11 is 0. The molecule has 4 rings (SSSR count). The first-order valence-electron chi connectivity index (χ1n) is 9.18. The number of carboxylic acid groups (broad SMARTS) is 1. The maximum absolute atomic E-state index is 9.58. The second-order valence-electron chi connectivity index (χ2n) is 6.78. The van der Waals surface area contributed by atoms with Crippen molar-refractivity contribution in [2.75, 3.05) is 20.0 Å². The van der Waals surface area contributed by atoms with Crippen LogP contribution in [0.25, 0.3) is 27.1 Å². The summed E-state index contributed by atoms with van der Waals surface area (Å²) in [4.78, 5) is 9.36. The quantitative estimate of drug-likeness (QED) is 0.221. The molecule has 0 unspecified atom stereocenters. The van der Waals surface area contributed by atoms with Gasteiger partial charge in [-0.05, 0) is 29.0 Å². The van der Waals surface area contributed by atoms with Crippen LogP contribution in [0.15, 0.2) is 54.7 Å². The van der Waals surface area contributed by atoms with Crippen molar-refractivity contribution in [3.05, 3.63) is 60.4 Å². The van der Waals surface area contributed by atoms with Gasteiger partial charge in [-0.2, -0.15) is 12.8 Å². The van der Waals surface area contributed by atoms with Crippen molar-refractivity contribution in [1.29, 1.82) is 0 Å². The highest BCUT2D eigenvalue weighted by Gasteiger charge is 2.17. The first-order chi connectivity index (χ1) is 14.6. The highest BCUT2D eigenvalue weighted by molar-refractivity contribution is 7.86. The number of aliphatic carboxylic acids is 1. The van der Waals surface area contributed by atoms with E-state index in [0.29, 0.717) is 0 Å². The Balaban J connectivity index is 0.000000293. The molecule has 0 aliphatic carbocycles. The monoisotopic (exact) mass is 443 g/mol. The van der Waals surface area contributed by atoms with E-state index >= 15 is 0 Å². The van der Waals surface area contributed by atoms with Crippen molar-refractivity contribution in [3.63, 3.8) is 0 Å². The Labute approximate surface area is 179 Å². The van der Waals surface area contributed by atoms with E-state index in [9.17, 15) is 18.3 Å². The third kappa shape index (κ3) is 4.84. The third-order valence-electron chi connectivity index (χ3n) is 4.80. The predicted octanol–water partition coefficient (Wildman–Crippen LogP) is 1.68. The van der Waals surface area contributed by atoms with E-state index in [1.165, 1.54) is 22.0 Å². The number of carbonyl (C=O) groups excluding carboxylic acids is 1. The summed E-state index contributed by atoms with van der Waals surface area (Å²) in [5.41, 5.74) is 2.38. The van der Waals surface area contributed by atoms with E-state index in [0.717, 1.165) is 22.3 Å². The topological polar surface area (TPSA) is 117 Å². The molecule has 0 atom stereocenters.